The molecule has 144 valence electrons. The van der Waals surface area contributed by atoms with E-state index in [2.05, 4.69) is 20.3 Å². The number of rotatable bonds is 6. The second-order valence-electron chi connectivity index (χ2n) is 6.15. The lowest BCUT2D eigenvalue weighted by atomic mass is 10.1. The number of carboxylic acids is 1. The Kier molecular flexibility index (Phi) is 5.83. The van der Waals surface area contributed by atoms with Gasteiger partial charge >= 0.3 is 5.97 Å². The van der Waals surface area contributed by atoms with Crippen LogP contribution in [0.25, 0.3) is 0 Å². The first-order chi connectivity index (χ1) is 12.8. The zero-order valence-electron chi connectivity index (χ0n) is 14.3. The molecule has 10 heteroatoms. The molecule has 0 atom stereocenters. The molecule has 0 bridgehead atoms. The second kappa shape index (κ2) is 8.12. The minimum atomic E-state index is -3.99. The normalized spacial score (nSPS) is 15.3. The Morgan fingerprint density at radius 1 is 1.22 bits per heavy atom. The van der Waals surface area contributed by atoms with Crippen molar-refractivity contribution in [1.29, 1.82) is 0 Å². The summed E-state index contributed by atoms with van der Waals surface area (Å²) in [7, 11) is -3.99. The summed E-state index contributed by atoms with van der Waals surface area (Å²) >= 11 is 5.79. The van der Waals surface area contributed by atoms with Gasteiger partial charge in [0.05, 0.1) is 11.3 Å². The molecule has 1 aliphatic heterocycles. The molecule has 27 heavy (non-hydrogen) atoms. The van der Waals surface area contributed by atoms with E-state index in [-0.39, 0.29) is 21.2 Å². The quantitative estimate of drug-likeness (QED) is 0.577. The molecule has 3 rings (SSSR count). The first-order valence-corrected chi connectivity index (χ1v) is 10.2. The molecule has 4 N–H and O–H groups in total. The number of hydrogen-bond donors (Lipinski definition) is 4. The topological polar surface area (TPSA) is 120 Å². The standard InChI is InChI=1S/C17H19ClN4O4S/c18-11-1-3-15(14(9-11)17(23)24)22-27(25,26)13-2-4-16(20-10-13)21-12-5-7-19-8-6-12/h1-4,9-10,12,19,22H,5-8H2,(H,20,21)(H,23,24). The maximum absolute atomic E-state index is 12.6. The molecule has 2 heterocycles. The van der Waals surface area contributed by atoms with Crippen molar-refractivity contribution in [2.24, 2.45) is 0 Å². The van der Waals surface area contributed by atoms with Gasteiger partial charge in [-0.15, -0.1) is 0 Å². The molecule has 0 radical (unpaired) electrons. The van der Waals surface area contributed by atoms with Gasteiger partial charge in [0.15, 0.2) is 0 Å². The summed E-state index contributed by atoms with van der Waals surface area (Å²) in [5.41, 5.74) is -0.299. The number of anilines is 2. The van der Waals surface area contributed by atoms with Crippen molar-refractivity contribution in [3.05, 3.63) is 47.1 Å². The van der Waals surface area contributed by atoms with Crippen molar-refractivity contribution in [2.75, 3.05) is 23.1 Å². The number of aromatic nitrogens is 1. The van der Waals surface area contributed by atoms with Crippen LogP contribution in [0.3, 0.4) is 0 Å². The van der Waals surface area contributed by atoms with Crippen molar-refractivity contribution in [3.63, 3.8) is 0 Å². The molecule has 0 amide bonds. The highest BCUT2D eigenvalue weighted by molar-refractivity contribution is 7.92. The van der Waals surface area contributed by atoms with Gasteiger partial charge in [-0.3, -0.25) is 4.72 Å². The third-order valence-corrected chi connectivity index (χ3v) is 5.78. The molecule has 1 fully saturated rings. The zero-order valence-corrected chi connectivity index (χ0v) is 15.8. The van der Waals surface area contributed by atoms with E-state index in [0.29, 0.717) is 11.9 Å². The third-order valence-electron chi connectivity index (χ3n) is 4.19. The van der Waals surface area contributed by atoms with Gasteiger partial charge < -0.3 is 15.7 Å². The lowest BCUT2D eigenvalue weighted by Gasteiger charge is -2.24. The van der Waals surface area contributed by atoms with E-state index in [1.165, 1.54) is 30.5 Å². The van der Waals surface area contributed by atoms with Crippen molar-refractivity contribution in [3.8, 4) is 0 Å². The Hall–Kier alpha value is -2.36. The molecule has 1 aromatic carbocycles. The number of sulfonamides is 1. The minimum absolute atomic E-state index is 0.0651. The Morgan fingerprint density at radius 2 is 1.96 bits per heavy atom. The SMILES string of the molecule is O=C(O)c1cc(Cl)ccc1NS(=O)(=O)c1ccc(NC2CCNCC2)nc1. The molecule has 8 nitrogen and oxygen atoms in total. The highest BCUT2D eigenvalue weighted by Gasteiger charge is 2.20. The van der Waals surface area contributed by atoms with Crippen LogP contribution in [0.2, 0.25) is 5.02 Å². The molecule has 1 aliphatic rings. The largest absolute Gasteiger partial charge is 0.478 e. The minimum Gasteiger partial charge on any atom is -0.478 e. The molecular weight excluding hydrogens is 392 g/mol. The number of hydrogen-bond acceptors (Lipinski definition) is 6. The number of piperidine rings is 1. The van der Waals surface area contributed by atoms with Crippen molar-refractivity contribution in [2.45, 2.75) is 23.8 Å². The van der Waals surface area contributed by atoms with E-state index in [4.69, 9.17) is 11.6 Å². The molecule has 0 spiro atoms. The second-order valence-corrected chi connectivity index (χ2v) is 8.27. The van der Waals surface area contributed by atoms with Gasteiger partial charge in [-0.25, -0.2) is 18.2 Å². The van der Waals surface area contributed by atoms with Crippen LogP contribution in [0, 0.1) is 0 Å². The number of nitrogens with zero attached hydrogens (tertiary/aromatic N) is 1. The third kappa shape index (κ3) is 4.88. The number of halogens is 1. The molecule has 0 saturated carbocycles. The number of carboxylic acid groups (broad SMARTS) is 1. The number of nitrogens with one attached hydrogen (secondary N) is 3. The van der Waals surface area contributed by atoms with Gasteiger partial charge in [0.25, 0.3) is 10.0 Å². The average Bonchev–Trinajstić information content (AvgIpc) is 2.64. The summed E-state index contributed by atoms with van der Waals surface area (Å²) < 4.78 is 27.4. The van der Waals surface area contributed by atoms with E-state index < -0.39 is 16.0 Å². The fourth-order valence-corrected chi connectivity index (χ4v) is 3.98. The summed E-state index contributed by atoms with van der Waals surface area (Å²) in [5, 5.41) is 16.0. The Morgan fingerprint density at radius 3 is 2.59 bits per heavy atom. The van der Waals surface area contributed by atoms with Crippen molar-refractivity contribution in [1.82, 2.24) is 10.3 Å². The summed E-state index contributed by atoms with van der Waals surface area (Å²) in [6, 6.07) is 7.23. The van der Waals surface area contributed by atoms with Gasteiger partial charge in [-0.2, -0.15) is 0 Å². The van der Waals surface area contributed by atoms with Crippen molar-refractivity contribution >= 4 is 39.1 Å². The highest BCUT2D eigenvalue weighted by Crippen LogP contribution is 2.24. The monoisotopic (exact) mass is 410 g/mol. The van der Waals surface area contributed by atoms with Crippen LogP contribution in [0.5, 0.6) is 0 Å². The number of aromatic carboxylic acids is 1. The van der Waals surface area contributed by atoms with Crippen LogP contribution in [0.1, 0.15) is 23.2 Å². The Bertz CT molecular complexity index is 928. The van der Waals surface area contributed by atoms with Crippen molar-refractivity contribution < 1.29 is 18.3 Å². The zero-order chi connectivity index (χ0) is 19.4. The van der Waals surface area contributed by atoms with Crippen LogP contribution in [-0.4, -0.2) is 43.6 Å². The Labute approximate surface area is 162 Å². The predicted molar refractivity (Wildman–Crippen MR) is 103 cm³/mol. The van der Waals surface area contributed by atoms with Crippen LogP contribution >= 0.6 is 11.6 Å². The highest BCUT2D eigenvalue weighted by atomic mass is 35.5. The number of carbonyl (C=O) groups is 1. The first kappa shape index (κ1) is 19.4. The maximum atomic E-state index is 12.6. The van der Waals surface area contributed by atoms with Crippen LogP contribution in [0.4, 0.5) is 11.5 Å². The van der Waals surface area contributed by atoms with Crippen LogP contribution in [-0.2, 0) is 10.0 Å². The lowest BCUT2D eigenvalue weighted by molar-refractivity contribution is 0.0698. The molecule has 0 unspecified atom stereocenters. The summed E-state index contributed by atoms with van der Waals surface area (Å²) in [4.78, 5) is 15.4. The maximum Gasteiger partial charge on any atom is 0.337 e. The smallest absolute Gasteiger partial charge is 0.337 e. The van der Waals surface area contributed by atoms with Crippen LogP contribution in [0.15, 0.2) is 41.4 Å². The molecule has 1 aromatic heterocycles. The average molecular weight is 411 g/mol. The van der Waals surface area contributed by atoms with Gasteiger partial charge in [0, 0.05) is 17.3 Å². The molecule has 1 saturated heterocycles. The number of pyridine rings is 1. The first-order valence-electron chi connectivity index (χ1n) is 8.34. The van der Waals surface area contributed by atoms with Gasteiger partial charge in [0.2, 0.25) is 0 Å². The Balaban J connectivity index is 1.76. The molecular formula is C17H19ClN4O4S. The molecule has 2 aromatic rings. The van der Waals surface area contributed by atoms with E-state index in [9.17, 15) is 18.3 Å². The van der Waals surface area contributed by atoms with Gasteiger partial charge in [0.1, 0.15) is 10.7 Å². The van der Waals surface area contributed by atoms with E-state index in [0.717, 1.165) is 25.9 Å². The van der Waals surface area contributed by atoms with E-state index in [1.807, 2.05) is 0 Å². The van der Waals surface area contributed by atoms with Gasteiger partial charge in [-0.05, 0) is 56.3 Å². The number of benzene rings is 1. The summed E-state index contributed by atoms with van der Waals surface area (Å²) in [6.07, 6.45) is 3.18. The lowest BCUT2D eigenvalue weighted by Crippen LogP contribution is -2.35. The fourth-order valence-electron chi connectivity index (χ4n) is 2.79. The predicted octanol–water partition coefficient (Wildman–Crippen LogP) is 2.40. The van der Waals surface area contributed by atoms with Gasteiger partial charge in [-0.1, -0.05) is 11.6 Å². The summed E-state index contributed by atoms with van der Waals surface area (Å²) in [5.74, 6) is -0.687. The van der Waals surface area contributed by atoms with E-state index >= 15 is 0 Å². The van der Waals surface area contributed by atoms with Crippen LogP contribution < -0.4 is 15.4 Å². The summed E-state index contributed by atoms with van der Waals surface area (Å²) in [6.45, 7) is 1.86. The van der Waals surface area contributed by atoms with E-state index in [1.54, 1.807) is 6.07 Å². The fraction of sp³-hybridized carbons (Fsp3) is 0.294. The molecule has 0 aliphatic carbocycles.